The number of carbonyl (C=O) groups excluding carboxylic acids is 2. The lowest BCUT2D eigenvalue weighted by molar-refractivity contribution is -0.137. The maximum Gasteiger partial charge on any atom is 0.248 e. The molecule has 2 N–H and O–H groups in total. The van der Waals surface area contributed by atoms with Crippen LogP contribution in [0.4, 0.5) is 11.5 Å². The summed E-state index contributed by atoms with van der Waals surface area (Å²) >= 11 is 20.2. The van der Waals surface area contributed by atoms with Crippen molar-refractivity contribution in [1.82, 2.24) is 45.3 Å². The normalized spacial score (nSPS) is 17.8. The molecule has 16 nitrogen and oxygen atoms in total. The van der Waals surface area contributed by atoms with Crippen molar-refractivity contribution in [2.45, 2.75) is 65.6 Å². The van der Waals surface area contributed by atoms with Gasteiger partial charge in [0.2, 0.25) is 11.8 Å². The first-order valence-corrected chi connectivity index (χ1v) is 23.4. The third-order valence-corrected chi connectivity index (χ3v) is 13.8. The third kappa shape index (κ3) is 11.0. The predicted molar refractivity (Wildman–Crippen MR) is 254 cm³/mol. The number of aryl methyl sites for hydroxylation is 3. The van der Waals surface area contributed by atoms with Gasteiger partial charge < -0.3 is 19.7 Å². The number of likely N-dealkylation sites (N-methyl/N-ethyl adjacent to an activating group) is 1. The number of amides is 2. The second-order valence-electron chi connectivity index (χ2n) is 16.3. The number of aromatic nitrogens is 5. The Morgan fingerprint density at radius 2 is 1.77 bits per heavy atom. The molecular weight excluding hydrogens is 911 g/mol. The zero-order valence-corrected chi connectivity index (χ0v) is 40.0. The van der Waals surface area contributed by atoms with Crippen molar-refractivity contribution in [2.75, 3.05) is 64.7 Å². The number of hydrazine groups is 1. The van der Waals surface area contributed by atoms with Crippen LogP contribution in [0.5, 0.6) is 0 Å². The molecule has 1 unspecified atom stereocenters. The summed E-state index contributed by atoms with van der Waals surface area (Å²) in [6.07, 6.45) is 1.63. The minimum atomic E-state index is -0.564. The van der Waals surface area contributed by atoms with Crippen molar-refractivity contribution < 1.29 is 19.1 Å². The topological polar surface area (TPSA) is 168 Å². The third-order valence-electron chi connectivity index (χ3n) is 11.6. The summed E-state index contributed by atoms with van der Waals surface area (Å²) in [4.78, 5) is 50.9. The number of thiophene rings is 1. The molecule has 2 fully saturated rings. The van der Waals surface area contributed by atoms with Gasteiger partial charge in [0.1, 0.15) is 35.1 Å². The van der Waals surface area contributed by atoms with E-state index in [1.165, 1.54) is 4.88 Å². The van der Waals surface area contributed by atoms with Crippen molar-refractivity contribution >= 4 is 81.0 Å². The fourth-order valence-electron chi connectivity index (χ4n) is 8.09. The van der Waals surface area contributed by atoms with Crippen molar-refractivity contribution in [1.29, 1.82) is 0 Å². The highest BCUT2D eigenvalue weighted by molar-refractivity contribution is 7.15. The number of fused-ring (bicyclic) bond motifs is 3. The van der Waals surface area contributed by atoms with Crippen LogP contribution in [-0.4, -0.2) is 124 Å². The number of rotatable bonds is 16. The van der Waals surface area contributed by atoms with Crippen LogP contribution in [0.15, 0.2) is 58.5 Å². The van der Waals surface area contributed by atoms with Crippen molar-refractivity contribution in [3.8, 4) is 5.00 Å². The van der Waals surface area contributed by atoms with Gasteiger partial charge in [0.15, 0.2) is 11.6 Å². The SMILES string of the molecule is Cc1cc(N=C2CCN(c3ccc(Cl)c(Cl)c3)N2)nc(CN2CCC(N(C)C(=O)COCCOCCNC(=O)C[C@@H]3N=C(c4ccc(Cl)cc4)c4c(sc(C)c4C)-n4c(C)nnc43)C2)n1. The Morgan fingerprint density at radius 3 is 2.57 bits per heavy atom. The van der Waals surface area contributed by atoms with Gasteiger partial charge in [-0.3, -0.25) is 34.5 Å². The summed E-state index contributed by atoms with van der Waals surface area (Å²) < 4.78 is 13.4. The Kier molecular flexibility index (Phi) is 14.8. The highest BCUT2D eigenvalue weighted by Gasteiger charge is 2.33. The lowest BCUT2D eigenvalue weighted by Gasteiger charge is -2.25. The van der Waals surface area contributed by atoms with Crippen LogP contribution in [0.2, 0.25) is 15.1 Å². The van der Waals surface area contributed by atoms with E-state index < -0.39 is 6.04 Å². The largest absolute Gasteiger partial charge is 0.377 e. The first-order valence-electron chi connectivity index (χ1n) is 21.5. The number of hydrogen-bond acceptors (Lipinski definition) is 13. The molecule has 2 aromatic carbocycles. The van der Waals surface area contributed by atoms with E-state index in [1.807, 2.05) is 72.9 Å². The molecule has 342 valence electrons. The number of hydrogen-bond donors (Lipinski definition) is 2. The fourth-order valence-corrected chi connectivity index (χ4v) is 9.72. The predicted octanol–water partition coefficient (Wildman–Crippen LogP) is 6.92. The Morgan fingerprint density at radius 1 is 0.969 bits per heavy atom. The van der Waals surface area contributed by atoms with Crippen LogP contribution < -0.4 is 15.8 Å². The van der Waals surface area contributed by atoms with E-state index in [4.69, 9.17) is 59.2 Å². The lowest BCUT2D eigenvalue weighted by Crippen LogP contribution is -2.41. The number of anilines is 1. The van der Waals surface area contributed by atoms with Gasteiger partial charge >= 0.3 is 0 Å². The molecular formula is C45H51Cl3N12O4S. The van der Waals surface area contributed by atoms with Gasteiger partial charge in [-0.1, -0.05) is 46.9 Å². The highest BCUT2D eigenvalue weighted by atomic mass is 35.5. The molecule has 5 aromatic rings. The summed E-state index contributed by atoms with van der Waals surface area (Å²) in [5, 5.41) is 16.4. The minimum Gasteiger partial charge on any atom is -0.377 e. The molecule has 2 atom stereocenters. The maximum atomic E-state index is 13.3. The van der Waals surface area contributed by atoms with E-state index in [-0.39, 0.29) is 50.7 Å². The number of ether oxygens (including phenoxy) is 2. The molecule has 0 aliphatic carbocycles. The van der Waals surface area contributed by atoms with Gasteiger partial charge in [0, 0.05) is 78.5 Å². The highest BCUT2D eigenvalue weighted by Crippen LogP contribution is 2.39. The summed E-state index contributed by atoms with van der Waals surface area (Å²) in [5.74, 6) is 3.14. The Hall–Kier alpha value is -5.01. The molecule has 2 amide bonds. The lowest BCUT2D eigenvalue weighted by atomic mass is 9.99. The number of aliphatic imine (C=N–C) groups is 2. The van der Waals surface area contributed by atoms with Crippen LogP contribution in [0.1, 0.15) is 70.0 Å². The molecule has 0 bridgehead atoms. The molecule has 0 saturated carbocycles. The Labute approximate surface area is 397 Å². The van der Waals surface area contributed by atoms with Crippen LogP contribution in [0, 0.1) is 27.7 Å². The molecule has 3 aliphatic heterocycles. The number of likely N-dealkylation sites (tertiary alicyclic amines) is 1. The molecule has 8 rings (SSSR count). The summed E-state index contributed by atoms with van der Waals surface area (Å²) in [6.45, 7) is 11.9. The van der Waals surface area contributed by atoms with Gasteiger partial charge in [-0.05, 0) is 70.0 Å². The van der Waals surface area contributed by atoms with Crippen LogP contribution in [0.25, 0.3) is 5.00 Å². The van der Waals surface area contributed by atoms with Crippen LogP contribution in [-0.2, 0) is 25.6 Å². The second kappa shape index (κ2) is 20.7. The number of nitrogens with one attached hydrogen (secondary N) is 2. The number of halogens is 3. The minimum absolute atomic E-state index is 0.0415. The van der Waals surface area contributed by atoms with Crippen molar-refractivity contribution in [3.63, 3.8) is 0 Å². The molecule has 2 saturated heterocycles. The average molecular weight is 962 g/mol. The van der Waals surface area contributed by atoms with Gasteiger partial charge in [0.25, 0.3) is 0 Å². The zero-order chi connectivity index (χ0) is 45.8. The smallest absolute Gasteiger partial charge is 0.248 e. The number of nitrogens with zero attached hydrogens (tertiary/aromatic N) is 10. The van der Waals surface area contributed by atoms with E-state index in [0.717, 1.165) is 76.4 Å². The number of benzene rings is 2. The first-order chi connectivity index (χ1) is 31.3. The second-order valence-corrected chi connectivity index (χ2v) is 18.7. The van der Waals surface area contributed by atoms with E-state index in [0.29, 0.717) is 52.2 Å². The standard InChI is InChI=1S/C45H51Cl3N12O4S/c1-26-20-38(52-37-13-16-59(56-37)32-10-11-34(47)35(48)21-32)53-39(50-26)24-58-15-12-33(23-58)57(5)41(62)25-64-19-18-63-17-14-49-40(61)22-36-44-55-54-29(4)60(44)45-42(27(2)28(3)65-45)43(51-36)30-6-8-31(46)9-7-30/h6-11,20-21,33,36H,12-19,22-25H2,1-5H3,(H,49,61)(H,50,52,53,56)/t33?,36-/m0/s1. The molecule has 0 spiro atoms. The Bertz CT molecular complexity index is 2620. The molecule has 65 heavy (non-hydrogen) atoms. The van der Waals surface area contributed by atoms with Gasteiger partial charge in [0.05, 0.1) is 54.2 Å². The monoisotopic (exact) mass is 960 g/mol. The van der Waals surface area contributed by atoms with E-state index in [2.05, 4.69) is 44.7 Å². The van der Waals surface area contributed by atoms with E-state index in [1.54, 1.807) is 22.3 Å². The van der Waals surface area contributed by atoms with Gasteiger partial charge in [-0.25, -0.2) is 15.0 Å². The molecule has 6 heterocycles. The maximum absolute atomic E-state index is 13.3. The molecule has 3 aliphatic rings. The molecule has 3 aromatic heterocycles. The average Bonchev–Trinajstić information content (AvgIpc) is 4.07. The Balaban J connectivity index is 0.748. The zero-order valence-electron chi connectivity index (χ0n) is 36.9. The van der Waals surface area contributed by atoms with Crippen LogP contribution >= 0.6 is 46.1 Å². The van der Waals surface area contributed by atoms with Gasteiger partial charge in [-0.15, -0.1) is 21.5 Å². The summed E-state index contributed by atoms with van der Waals surface area (Å²) in [7, 11) is 1.82. The van der Waals surface area contributed by atoms with Crippen molar-refractivity contribution in [3.05, 3.63) is 108 Å². The van der Waals surface area contributed by atoms with E-state index in [9.17, 15) is 9.59 Å². The van der Waals surface area contributed by atoms with E-state index >= 15 is 0 Å². The van der Waals surface area contributed by atoms with Crippen LogP contribution in [0.3, 0.4) is 0 Å². The number of carbonyl (C=O) groups is 2. The molecule has 0 radical (unpaired) electrons. The quantitative estimate of drug-likeness (QED) is 0.0986. The fraction of sp³-hybridized carbons (Fsp3) is 0.422. The molecule has 20 heteroatoms. The van der Waals surface area contributed by atoms with Crippen molar-refractivity contribution in [2.24, 2.45) is 9.98 Å². The summed E-state index contributed by atoms with van der Waals surface area (Å²) in [5.41, 5.74) is 8.91. The summed E-state index contributed by atoms with van der Waals surface area (Å²) in [6, 6.07) is 14.4. The van der Waals surface area contributed by atoms with Gasteiger partial charge in [-0.2, -0.15) is 0 Å². The number of amidine groups is 1. The first kappa shape index (κ1) is 46.5.